The first-order chi connectivity index (χ1) is 8.31. The van der Waals surface area contributed by atoms with E-state index in [4.69, 9.17) is 11.6 Å². The Kier molecular flexibility index (Phi) is 2.99. The topological polar surface area (TPSA) is 37.8 Å². The number of hydrogen-bond acceptors (Lipinski definition) is 4. The first-order valence-electron chi connectivity index (χ1n) is 5.59. The van der Waals surface area contributed by atoms with Gasteiger partial charge < -0.3 is 5.32 Å². The van der Waals surface area contributed by atoms with E-state index in [0.29, 0.717) is 12.0 Å². The molecule has 0 radical (unpaired) electrons. The van der Waals surface area contributed by atoms with Crippen LogP contribution in [0.4, 0.5) is 5.13 Å². The van der Waals surface area contributed by atoms with Crippen LogP contribution >= 0.6 is 22.9 Å². The monoisotopic (exact) mass is 265 g/mol. The molecule has 2 aromatic rings. The van der Waals surface area contributed by atoms with Gasteiger partial charge in [-0.05, 0) is 36.5 Å². The van der Waals surface area contributed by atoms with Gasteiger partial charge in [0.2, 0.25) is 5.13 Å². The highest BCUT2D eigenvalue weighted by atomic mass is 35.5. The number of aromatic nitrogens is 2. The lowest BCUT2D eigenvalue weighted by Gasteiger charge is -2.36. The van der Waals surface area contributed by atoms with Gasteiger partial charge in [-0.2, -0.15) is 0 Å². The fraction of sp³-hybridized carbons (Fsp3) is 0.333. The van der Waals surface area contributed by atoms with E-state index in [1.54, 1.807) is 16.8 Å². The van der Waals surface area contributed by atoms with Crippen molar-refractivity contribution < 1.29 is 0 Å². The average Bonchev–Trinajstić information content (AvgIpc) is 2.75. The molecule has 5 heteroatoms. The lowest BCUT2D eigenvalue weighted by Crippen LogP contribution is -2.33. The van der Waals surface area contributed by atoms with E-state index in [9.17, 15) is 0 Å². The molecule has 1 heterocycles. The molecule has 17 heavy (non-hydrogen) atoms. The zero-order chi connectivity index (χ0) is 11.7. The van der Waals surface area contributed by atoms with E-state index in [0.717, 1.165) is 23.0 Å². The fourth-order valence-electron chi connectivity index (χ4n) is 2.18. The Morgan fingerprint density at radius 3 is 2.94 bits per heavy atom. The molecule has 0 unspecified atom stereocenters. The lowest BCUT2D eigenvalue weighted by molar-refractivity contribution is 0.374. The Hall–Kier alpha value is -1.13. The normalized spacial score (nSPS) is 23.1. The first-order valence-corrected chi connectivity index (χ1v) is 6.85. The van der Waals surface area contributed by atoms with Crippen LogP contribution in [0.1, 0.15) is 24.3 Å². The van der Waals surface area contributed by atoms with E-state index in [1.165, 1.54) is 5.56 Å². The Morgan fingerprint density at radius 2 is 2.24 bits per heavy atom. The van der Waals surface area contributed by atoms with Crippen LogP contribution in [-0.2, 0) is 0 Å². The molecule has 1 aliphatic rings. The summed E-state index contributed by atoms with van der Waals surface area (Å²) in [4.78, 5) is 0. The van der Waals surface area contributed by atoms with E-state index in [1.807, 2.05) is 12.1 Å². The molecule has 1 aromatic carbocycles. The predicted octanol–water partition coefficient (Wildman–Crippen LogP) is 3.55. The minimum Gasteiger partial charge on any atom is -0.357 e. The molecule has 0 spiro atoms. The minimum absolute atomic E-state index is 0.520. The molecule has 1 N–H and O–H groups in total. The van der Waals surface area contributed by atoms with Crippen LogP contribution in [0.15, 0.2) is 29.8 Å². The number of halogens is 1. The van der Waals surface area contributed by atoms with Crippen LogP contribution < -0.4 is 5.32 Å². The van der Waals surface area contributed by atoms with Crippen LogP contribution in [0.5, 0.6) is 0 Å². The number of hydrogen-bond donors (Lipinski definition) is 1. The summed E-state index contributed by atoms with van der Waals surface area (Å²) in [6.07, 6.45) is 2.28. The maximum Gasteiger partial charge on any atom is 0.205 e. The van der Waals surface area contributed by atoms with E-state index < -0.39 is 0 Å². The fourth-order valence-corrected chi connectivity index (χ4v) is 2.90. The van der Waals surface area contributed by atoms with Crippen molar-refractivity contribution in [2.24, 2.45) is 0 Å². The molecule has 0 atom stereocenters. The largest absolute Gasteiger partial charge is 0.357 e. The molecule has 0 bridgehead atoms. The molecule has 1 fully saturated rings. The van der Waals surface area contributed by atoms with Gasteiger partial charge in [0.25, 0.3) is 0 Å². The molecular formula is C12H12ClN3S. The van der Waals surface area contributed by atoms with E-state index >= 15 is 0 Å². The lowest BCUT2D eigenvalue weighted by atomic mass is 9.76. The maximum atomic E-state index is 5.99. The van der Waals surface area contributed by atoms with Crippen molar-refractivity contribution in [2.75, 3.05) is 5.32 Å². The third kappa shape index (κ3) is 2.42. The number of nitrogens with one attached hydrogen (secondary N) is 1. The van der Waals surface area contributed by atoms with Crippen molar-refractivity contribution >= 4 is 28.1 Å². The Bertz CT molecular complexity index is 494. The van der Waals surface area contributed by atoms with Crippen LogP contribution in [0.2, 0.25) is 5.02 Å². The average molecular weight is 266 g/mol. The second-order valence-corrected chi connectivity index (χ2v) is 5.58. The van der Waals surface area contributed by atoms with Crippen LogP contribution in [0, 0.1) is 0 Å². The predicted molar refractivity (Wildman–Crippen MR) is 70.7 cm³/mol. The van der Waals surface area contributed by atoms with Crippen molar-refractivity contribution in [3.05, 3.63) is 40.4 Å². The van der Waals surface area contributed by atoms with Crippen molar-refractivity contribution in [2.45, 2.75) is 24.8 Å². The van der Waals surface area contributed by atoms with Gasteiger partial charge in [0, 0.05) is 11.1 Å². The number of anilines is 1. The number of rotatable bonds is 3. The van der Waals surface area contributed by atoms with E-state index in [-0.39, 0.29) is 0 Å². The molecule has 0 amide bonds. The number of nitrogens with zero attached hydrogens (tertiary/aromatic N) is 2. The highest BCUT2D eigenvalue weighted by molar-refractivity contribution is 7.13. The second-order valence-electron chi connectivity index (χ2n) is 4.31. The highest BCUT2D eigenvalue weighted by Crippen LogP contribution is 2.39. The standard InChI is InChI=1S/C12H12ClN3S/c13-10-3-1-2-8(4-10)9-5-11(6-9)15-12-16-14-7-17-12/h1-4,7,9,11H,5-6H2,(H,15,16). The molecule has 1 aromatic heterocycles. The highest BCUT2D eigenvalue weighted by Gasteiger charge is 2.30. The molecular weight excluding hydrogens is 254 g/mol. The summed E-state index contributed by atoms with van der Waals surface area (Å²) >= 11 is 7.53. The van der Waals surface area contributed by atoms with Gasteiger partial charge in [-0.25, -0.2) is 0 Å². The Balaban J connectivity index is 1.58. The summed E-state index contributed by atoms with van der Waals surface area (Å²) < 4.78 is 0. The van der Waals surface area contributed by atoms with Gasteiger partial charge in [0.05, 0.1) is 0 Å². The zero-order valence-corrected chi connectivity index (χ0v) is 10.7. The molecule has 3 rings (SSSR count). The van der Waals surface area contributed by atoms with Crippen LogP contribution in [0.25, 0.3) is 0 Å². The quantitative estimate of drug-likeness (QED) is 0.922. The van der Waals surface area contributed by atoms with Crippen molar-refractivity contribution in [3.8, 4) is 0 Å². The van der Waals surface area contributed by atoms with Gasteiger partial charge in [-0.15, -0.1) is 10.2 Å². The van der Waals surface area contributed by atoms with Gasteiger partial charge >= 0.3 is 0 Å². The van der Waals surface area contributed by atoms with Crippen LogP contribution in [-0.4, -0.2) is 16.2 Å². The molecule has 88 valence electrons. The number of benzene rings is 1. The zero-order valence-electron chi connectivity index (χ0n) is 9.14. The SMILES string of the molecule is Clc1cccc(C2CC(Nc3nncs3)C2)c1. The minimum atomic E-state index is 0.520. The summed E-state index contributed by atoms with van der Waals surface area (Å²) in [5.74, 6) is 0.624. The van der Waals surface area contributed by atoms with Gasteiger partial charge in [-0.3, -0.25) is 0 Å². The van der Waals surface area contributed by atoms with Crippen LogP contribution in [0.3, 0.4) is 0 Å². The van der Waals surface area contributed by atoms with Gasteiger partial charge in [0.1, 0.15) is 5.51 Å². The van der Waals surface area contributed by atoms with Crippen molar-refractivity contribution in [3.63, 3.8) is 0 Å². The third-order valence-electron chi connectivity index (χ3n) is 3.15. The molecule has 1 saturated carbocycles. The summed E-state index contributed by atoms with van der Waals surface area (Å²) in [6.45, 7) is 0. The third-order valence-corrected chi connectivity index (χ3v) is 4.00. The Labute approximate surface area is 109 Å². The second kappa shape index (κ2) is 4.63. The molecule has 1 aliphatic carbocycles. The summed E-state index contributed by atoms with van der Waals surface area (Å²) in [7, 11) is 0. The first kappa shape index (κ1) is 11.0. The van der Waals surface area contributed by atoms with Gasteiger partial charge in [-0.1, -0.05) is 35.1 Å². The van der Waals surface area contributed by atoms with Gasteiger partial charge in [0.15, 0.2) is 0 Å². The smallest absolute Gasteiger partial charge is 0.205 e. The maximum absolute atomic E-state index is 5.99. The molecule has 0 saturated heterocycles. The van der Waals surface area contributed by atoms with E-state index in [2.05, 4.69) is 27.6 Å². The summed E-state index contributed by atoms with van der Waals surface area (Å²) in [6, 6.07) is 8.67. The Morgan fingerprint density at radius 1 is 1.35 bits per heavy atom. The summed E-state index contributed by atoms with van der Waals surface area (Å²) in [5.41, 5.74) is 3.09. The molecule has 3 nitrogen and oxygen atoms in total. The molecule has 0 aliphatic heterocycles. The summed E-state index contributed by atoms with van der Waals surface area (Å²) in [5, 5.41) is 12.9. The van der Waals surface area contributed by atoms with Crippen molar-refractivity contribution in [1.29, 1.82) is 0 Å². The van der Waals surface area contributed by atoms with Crippen molar-refractivity contribution in [1.82, 2.24) is 10.2 Å².